The van der Waals surface area contributed by atoms with Gasteiger partial charge in [0.2, 0.25) is 16.9 Å². The first-order valence-electron chi connectivity index (χ1n) is 19.1. The summed E-state index contributed by atoms with van der Waals surface area (Å²) in [5.41, 5.74) is -0.867. The van der Waals surface area contributed by atoms with Crippen molar-refractivity contribution in [3.05, 3.63) is 46.5 Å². The molecule has 8 atom stereocenters. The van der Waals surface area contributed by atoms with Crippen LogP contribution in [0.2, 0.25) is 5.02 Å². The lowest BCUT2D eigenvalue weighted by atomic mass is 9.83. The average Bonchev–Trinajstić information content (AvgIpc) is 3.84. The Kier molecular flexibility index (Phi) is 15.3. The fraction of sp³-hybridized carbons (Fsp3) is 0.634. The number of amides is 3. The second kappa shape index (κ2) is 18.8. The number of methoxy groups -OCH3 is 2. The zero-order valence-electron chi connectivity index (χ0n) is 34.8. The van der Waals surface area contributed by atoms with Crippen LogP contribution in [0.3, 0.4) is 0 Å². The highest BCUT2D eigenvalue weighted by molar-refractivity contribution is 8.82. The van der Waals surface area contributed by atoms with Gasteiger partial charge >= 0.3 is 12.1 Å². The number of ether oxygens (including phenoxy) is 4. The van der Waals surface area contributed by atoms with Crippen LogP contribution in [0.1, 0.15) is 79.7 Å². The topological polar surface area (TPSA) is 161 Å². The first-order chi connectivity index (χ1) is 26.6. The van der Waals surface area contributed by atoms with E-state index >= 15 is 0 Å². The Labute approximate surface area is 349 Å². The van der Waals surface area contributed by atoms with E-state index in [9.17, 15) is 29.1 Å². The molecule has 0 unspecified atom stereocenters. The molecule has 0 spiro atoms. The van der Waals surface area contributed by atoms with Gasteiger partial charge in [-0.25, -0.2) is 9.59 Å². The molecule has 2 N–H and O–H groups in total. The Morgan fingerprint density at radius 2 is 1.88 bits per heavy atom. The number of fused-ring (bicyclic) bond motifs is 5. The van der Waals surface area contributed by atoms with Gasteiger partial charge in [-0.2, -0.15) is 0 Å². The van der Waals surface area contributed by atoms with Gasteiger partial charge in [0.25, 0.3) is 0 Å². The number of nitrogens with zero attached hydrogens (tertiary/aromatic N) is 2. The van der Waals surface area contributed by atoms with Crippen molar-refractivity contribution in [3.63, 3.8) is 0 Å². The van der Waals surface area contributed by atoms with Gasteiger partial charge in [0.1, 0.15) is 35.1 Å². The number of allylic oxidation sites excluding steroid dienone is 3. The maximum Gasteiger partial charge on any atom is 0.409 e. The Bertz CT molecular complexity index is 1770. The number of nitrogens with one attached hydrogen (secondary N) is 1. The average molecular weight is 853 g/mol. The molecular weight excluding hydrogens is 794 g/mol. The predicted octanol–water partition coefficient (Wildman–Crippen LogP) is 6.73. The van der Waals surface area contributed by atoms with Crippen LogP contribution in [0.25, 0.3) is 0 Å². The van der Waals surface area contributed by atoms with Crippen LogP contribution in [0.5, 0.6) is 5.75 Å². The van der Waals surface area contributed by atoms with E-state index in [4.69, 9.17) is 30.5 Å². The Morgan fingerprint density at radius 1 is 1.19 bits per heavy atom. The van der Waals surface area contributed by atoms with Crippen molar-refractivity contribution >= 4 is 67.9 Å². The van der Waals surface area contributed by atoms with Crippen LogP contribution in [-0.2, 0) is 39.8 Å². The zero-order valence-corrected chi connectivity index (χ0v) is 37.2. The van der Waals surface area contributed by atoms with Gasteiger partial charge in [0.15, 0.2) is 5.72 Å². The molecule has 1 saturated heterocycles. The number of likely N-dealkylation sites (N-methyl/N-ethyl adjacent to an activating group) is 1. The summed E-state index contributed by atoms with van der Waals surface area (Å²) in [6, 6.07) is 2.63. The number of hydrogen-bond acceptors (Lipinski definition) is 12. The summed E-state index contributed by atoms with van der Waals surface area (Å²) >= 11 is 6.80. The van der Waals surface area contributed by atoms with Crippen molar-refractivity contribution in [2.45, 2.75) is 111 Å². The molecule has 316 valence electrons. The number of alkyl carbamates (subject to hydrolysis) is 1. The Morgan fingerprint density at radius 3 is 2.51 bits per heavy atom. The molecule has 3 aliphatic rings. The summed E-state index contributed by atoms with van der Waals surface area (Å²) in [5, 5.41) is 14.6. The maximum atomic E-state index is 14.2. The Balaban J connectivity index is 1.66. The van der Waals surface area contributed by atoms with E-state index in [1.807, 2.05) is 53.7 Å². The highest BCUT2D eigenvalue weighted by Crippen LogP contribution is 2.61. The smallest absolute Gasteiger partial charge is 0.409 e. The zero-order chi connectivity index (χ0) is 42.6. The van der Waals surface area contributed by atoms with Gasteiger partial charge < -0.3 is 33.9 Å². The molecule has 0 radical (unpaired) electrons. The highest BCUT2D eigenvalue weighted by Gasteiger charge is 2.62. The molecule has 16 heteroatoms. The third-order valence-corrected chi connectivity index (χ3v) is 14.3. The summed E-state index contributed by atoms with van der Waals surface area (Å²) in [4.78, 5) is 69.3. The molecule has 2 aliphatic heterocycles. The maximum absolute atomic E-state index is 14.2. The van der Waals surface area contributed by atoms with Gasteiger partial charge in [0.05, 0.1) is 19.2 Å². The number of carbonyl (C=O) groups excluding carboxylic acids is 5. The van der Waals surface area contributed by atoms with Crippen LogP contribution in [0, 0.1) is 22.7 Å². The molecule has 57 heavy (non-hydrogen) atoms. The first kappa shape index (κ1) is 46.4. The number of halogens is 1. The van der Waals surface area contributed by atoms with Crippen molar-refractivity contribution in [1.82, 2.24) is 10.2 Å². The minimum atomic E-state index is -1.79. The summed E-state index contributed by atoms with van der Waals surface area (Å²) in [6.45, 7) is 12.8. The van der Waals surface area contributed by atoms with Crippen molar-refractivity contribution < 1.29 is 48.0 Å². The van der Waals surface area contributed by atoms with Crippen LogP contribution in [0.4, 0.5) is 10.5 Å². The molecule has 1 saturated carbocycles. The van der Waals surface area contributed by atoms with E-state index in [0.717, 1.165) is 21.9 Å². The lowest BCUT2D eigenvalue weighted by molar-refractivity contribution is -0.163. The molecule has 1 aliphatic carbocycles. The van der Waals surface area contributed by atoms with E-state index in [-0.39, 0.29) is 53.1 Å². The summed E-state index contributed by atoms with van der Waals surface area (Å²) in [7, 11) is 8.48. The number of anilines is 1. The van der Waals surface area contributed by atoms with Gasteiger partial charge in [-0.1, -0.05) is 80.8 Å². The van der Waals surface area contributed by atoms with Crippen LogP contribution < -0.4 is 15.0 Å². The van der Waals surface area contributed by atoms with Crippen LogP contribution >= 0.6 is 33.2 Å². The molecule has 13 nitrogen and oxygen atoms in total. The molecule has 1 aromatic carbocycles. The predicted molar refractivity (Wildman–Crippen MR) is 223 cm³/mol. The van der Waals surface area contributed by atoms with E-state index < -0.39 is 53.0 Å². The van der Waals surface area contributed by atoms with Gasteiger partial charge in [-0.15, -0.1) is 0 Å². The molecule has 1 aromatic rings. The minimum Gasteiger partial charge on any atom is -0.495 e. The second-order valence-corrected chi connectivity index (χ2v) is 19.5. The van der Waals surface area contributed by atoms with Crippen LogP contribution in [0.15, 0.2) is 35.9 Å². The largest absolute Gasteiger partial charge is 0.495 e. The normalized spacial score (nSPS) is 30.1. The van der Waals surface area contributed by atoms with Crippen LogP contribution in [-0.4, -0.2) is 103 Å². The number of esters is 1. The lowest BCUT2D eigenvalue weighted by Gasteiger charge is -2.42. The SMILES string of the molecule is COc1cc2cc(c1Cl)N(C)C(=O)C[C@H](OC(=O)[C@H](C)N(C)C(=O)CCSSC(=O)C(C)(C)C)[C@@]1(C)C[C@H]1[C@H](C)[C@@H]1C[C@@](O)(NC(=O)O1)[C@H](OC)/C=C/C=C(\C)C2. The third kappa shape index (κ3) is 11.1. The van der Waals surface area contributed by atoms with Gasteiger partial charge in [-0.3, -0.25) is 19.7 Å². The summed E-state index contributed by atoms with van der Waals surface area (Å²) < 4.78 is 23.2. The van der Waals surface area contributed by atoms with E-state index in [2.05, 4.69) is 5.32 Å². The highest BCUT2D eigenvalue weighted by atomic mass is 35.5. The molecular formula is C41H58ClN3O10S2. The van der Waals surface area contributed by atoms with Crippen molar-refractivity contribution in [2.75, 3.05) is 39.0 Å². The van der Waals surface area contributed by atoms with E-state index in [0.29, 0.717) is 30.0 Å². The van der Waals surface area contributed by atoms with Gasteiger partial charge in [-0.05, 0) is 67.0 Å². The minimum absolute atomic E-state index is 0.00832. The van der Waals surface area contributed by atoms with Crippen molar-refractivity contribution in [3.8, 4) is 5.75 Å². The number of hydrogen-bond donors (Lipinski definition) is 2. The van der Waals surface area contributed by atoms with E-state index in [1.54, 1.807) is 32.2 Å². The summed E-state index contributed by atoms with van der Waals surface area (Å²) in [6.07, 6.45) is 2.82. The second-order valence-electron chi connectivity index (χ2n) is 16.7. The van der Waals surface area contributed by atoms with Crippen molar-refractivity contribution in [1.29, 1.82) is 0 Å². The quantitative estimate of drug-likeness (QED) is 0.154. The summed E-state index contributed by atoms with van der Waals surface area (Å²) in [5.74, 6) is -1.11. The number of carbonyl (C=O) groups is 5. The standard InChI is InChI=1S/C41H58ClN3O10S2/c1-23-13-12-14-31(53-11)41(51)22-30(54-38(50)43-41)24(2)27-21-40(27,7)32(20-34(47)45(9)28-18-26(17-23)19-29(52-10)35(28)42)55-36(48)25(3)44(8)33(46)15-16-56-57-37(49)39(4,5)6/h12-14,18-19,24-25,27,30-32,51H,15-17,20-22H2,1-11H3,(H,43,50)/b14-12+,23-13+/t24-,25-,27-,30-,31+,32-,40-,41-/m0/s1. The molecule has 4 rings (SSSR count). The Hall–Kier alpha value is -3.24. The number of benzene rings is 1. The fourth-order valence-electron chi connectivity index (χ4n) is 7.30. The fourth-order valence-corrected chi connectivity index (χ4v) is 9.88. The molecule has 4 bridgehead atoms. The molecule has 0 aromatic heterocycles. The lowest BCUT2D eigenvalue weighted by Crippen LogP contribution is -2.63. The molecule has 2 heterocycles. The van der Waals surface area contributed by atoms with Gasteiger partial charge in [0, 0.05) is 50.6 Å². The van der Waals surface area contributed by atoms with E-state index in [1.165, 1.54) is 41.9 Å². The first-order valence-corrected chi connectivity index (χ1v) is 21.8. The third-order valence-electron chi connectivity index (χ3n) is 11.4. The number of rotatable bonds is 9. The monoisotopic (exact) mass is 851 g/mol. The molecule has 3 amide bonds. The number of aliphatic hydroxyl groups is 1. The van der Waals surface area contributed by atoms with Crippen molar-refractivity contribution in [2.24, 2.45) is 22.7 Å². The molecule has 2 fully saturated rings.